The predicted octanol–water partition coefficient (Wildman–Crippen LogP) is 1.93. The number of carboxylic acids is 1. The Hall–Kier alpha value is -1.55. The lowest BCUT2D eigenvalue weighted by Gasteiger charge is -2.04. The number of H-pyrrole nitrogens is 1. The molecule has 4 nitrogen and oxygen atoms in total. The summed E-state index contributed by atoms with van der Waals surface area (Å²) in [5, 5.41) is 8.74. The summed E-state index contributed by atoms with van der Waals surface area (Å²) in [6, 6.07) is 3.60. The van der Waals surface area contributed by atoms with Crippen LogP contribution in [-0.2, 0) is 17.1 Å². The van der Waals surface area contributed by atoms with Gasteiger partial charge in [-0.2, -0.15) is 0 Å². The molecule has 0 radical (unpaired) electrons. The SMILES string of the molecule is O=C(O)Cc1cc2[nH]cnc2cc1CCl. The molecule has 0 amide bonds. The van der Waals surface area contributed by atoms with E-state index in [0.29, 0.717) is 5.88 Å². The number of carboxylic acid groups (broad SMARTS) is 1. The molecule has 0 bridgehead atoms. The second-order valence-electron chi connectivity index (χ2n) is 3.24. The molecule has 2 rings (SSSR count). The minimum absolute atomic E-state index is 0.0169. The van der Waals surface area contributed by atoms with Gasteiger partial charge in [-0.3, -0.25) is 4.79 Å². The van der Waals surface area contributed by atoms with Crippen LogP contribution in [0.1, 0.15) is 11.1 Å². The average molecular weight is 225 g/mol. The lowest BCUT2D eigenvalue weighted by atomic mass is 10.0. The number of aliphatic carboxylic acids is 1. The first-order valence-corrected chi connectivity index (χ1v) is 4.97. The number of aromatic nitrogens is 2. The number of fused-ring (bicyclic) bond motifs is 1. The van der Waals surface area contributed by atoms with Crippen molar-refractivity contribution in [3.8, 4) is 0 Å². The molecule has 2 N–H and O–H groups in total. The van der Waals surface area contributed by atoms with Crippen LogP contribution < -0.4 is 0 Å². The number of nitrogens with one attached hydrogen (secondary N) is 1. The first kappa shape index (κ1) is 9.98. The number of imidazole rings is 1. The van der Waals surface area contributed by atoms with E-state index in [4.69, 9.17) is 16.7 Å². The Bertz CT molecular complexity index is 507. The highest BCUT2D eigenvalue weighted by atomic mass is 35.5. The summed E-state index contributed by atoms with van der Waals surface area (Å²) in [7, 11) is 0. The fraction of sp³-hybridized carbons (Fsp3) is 0.200. The number of benzene rings is 1. The summed E-state index contributed by atoms with van der Waals surface area (Å²) >= 11 is 5.75. The van der Waals surface area contributed by atoms with Gasteiger partial charge in [-0.05, 0) is 23.3 Å². The Morgan fingerprint density at radius 1 is 1.47 bits per heavy atom. The van der Waals surface area contributed by atoms with Crippen LogP contribution in [0.3, 0.4) is 0 Å². The molecule has 0 saturated heterocycles. The van der Waals surface area contributed by atoms with E-state index in [0.717, 1.165) is 22.2 Å². The highest BCUT2D eigenvalue weighted by Gasteiger charge is 2.09. The number of aromatic amines is 1. The third kappa shape index (κ3) is 1.94. The van der Waals surface area contributed by atoms with Gasteiger partial charge in [-0.15, -0.1) is 11.6 Å². The lowest BCUT2D eigenvalue weighted by Crippen LogP contribution is -2.03. The maximum Gasteiger partial charge on any atom is 0.307 e. The largest absolute Gasteiger partial charge is 0.481 e. The molecule has 0 aliphatic rings. The summed E-state index contributed by atoms with van der Waals surface area (Å²) in [6.45, 7) is 0. The van der Waals surface area contributed by atoms with E-state index in [2.05, 4.69) is 9.97 Å². The van der Waals surface area contributed by atoms with Crippen LogP contribution in [-0.4, -0.2) is 21.0 Å². The van der Waals surface area contributed by atoms with Gasteiger partial charge in [0.25, 0.3) is 0 Å². The number of halogens is 1. The quantitative estimate of drug-likeness (QED) is 0.783. The molecule has 0 aliphatic heterocycles. The average Bonchev–Trinajstić information content (AvgIpc) is 2.62. The fourth-order valence-corrected chi connectivity index (χ4v) is 1.77. The molecule has 15 heavy (non-hydrogen) atoms. The number of hydrogen-bond donors (Lipinski definition) is 2. The smallest absolute Gasteiger partial charge is 0.307 e. The Kier molecular flexibility index (Phi) is 2.60. The minimum Gasteiger partial charge on any atom is -0.481 e. The predicted molar refractivity (Wildman–Crippen MR) is 57.0 cm³/mol. The summed E-state index contributed by atoms with van der Waals surface area (Å²) < 4.78 is 0. The van der Waals surface area contributed by atoms with E-state index in [9.17, 15) is 4.79 Å². The highest BCUT2D eigenvalue weighted by Crippen LogP contribution is 2.19. The van der Waals surface area contributed by atoms with Crippen molar-refractivity contribution >= 4 is 28.6 Å². The number of nitrogens with zero attached hydrogens (tertiary/aromatic N) is 1. The summed E-state index contributed by atoms with van der Waals surface area (Å²) in [4.78, 5) is 17.7. The van der Waals surface area contributed by atoms with Crippen molar-refractivity contribution in [3.63, 3.8) is 0 Å². The first-order valence-electron chi connectivity index (χ1n) is 4.43. The van der Waals surface area contributed by atoms with Crippen LogP contribution in [0, 0.1) is 0 Å². The number of hydrogen-bond acceptors (Lipinski definition) is 2. The maximum absolute atomic E-state index is 10.6. The zero-order valence-corrected chi connectivity index (χ0v) is 8.58. The summed E-state index contributed by atoms with van der Waals surface area (Å²) in [6.07, 6.45) is 1.56. The highest BCUT2D eigenvalue weighted by molar-refractivity contribution is 6.17. The van der Waals surface area contributed by atoms with Crippen molar-refractivity contribution in [2.45, 2.75) is 12.3 Å². The van der Waals surface area contributed by atoms with Gasteiger partial charge in [0.05, 0.1) is 23.8 Å². The molecular formula is C10H9ClN2O2. The van der Waals surface area contributed by atoms with E-state index in [1.807, 2.05) is 6.07 Å². The molecule has 0 saturated carbocycles. The van der Waals surface area contributed by atoms with Gasteiger partial charge < -0.3 is 10.1 Å². The monoisotopic (exact) mass is 224 g/mol. The van der Waals surface area contributed by atoms with Crippen LogP contribution in [0.25, 0.3) is 11.0 Å². The number of alkyl halides is 1. The third-order valence-corrected chi connectivity index (χ3v) is 2.52. The van der Waals surface area contributed by atoms with Crippen molar-refractivity contribution in [1.82, 2.24) is 9.97 Å². The fourth-order valence-electron chi connectivity index (χ4n) is 1.52. The zero-order valence-electron chi connectivity index (χ0n) is 7.83. The summed E-state index contributed by atoms with van der Waals surface area (Å²) in [5.74, 6) is -0.564. The first-order chi connectivity index (χ1) is 7.20. The van der Waals surface area contributed by atoms with Crippen molar-refractivity contribution < 1.29 is 9.90 Å². The molecule has 1 aromatic heterocycles. The van der Waals surface area contributed by atoms with E-state index >= 15 is 0 Å². The van der Waals surface area contributed by atoms with E-state index in [1.165, 1.54) is 0 Å². The standard InChI is InChI=1S/C10H9ClN2O2/c11-4-7-2-9-8(12-5-13-9)1-6(7)3-10(14)15/h1-2,5H,3-4H2,(H,12,13)(H,14,15). The number of carbonyl (C=O) groups is 1. The van der Waals surface area contributed by atoms with Gasteiger partial charge in [0.1, 0.15) is 0 Å². The Labute approximate surface area is 90.9 Å². The van der Waals surface area contributed by atoms with E-state index in [-0.39, 0.29) is 6.42 Å². The van der Waals surface area contributed by atoms with E-state index in [1.54, 1.807) is 12.4 Å². The maximum atomic E-state index is 10.6. The third-order valence-electron chi connectivity index (χ3n) is 2.23. The number of rotatable bonds is 3. The molecule has 0 fully saturated rings. The molecule has 5 heteroatoms. The molecule has 1 aromatic carbocycles. The molecule has 2 aromatic rings. The molecule has 1 heterocycles. The van der Waals surface area contributed by atoms with Crippen LogP contribution in [0.5, 0.6) is 0 Å². The van der Waals surface area contributed by atoms with Crippen molar-refractivity contribution in [3.05, 3.63) is 29.6 Å². The van der Waals surface area contributed by atoms with Crippen LogP contribution >= 0.6 is 11.6 Å². The molecule has 0 atom stereocenters. The Morgan fingerprint density at radius 3 is 2.93 bits per heavy atom. The minimum atomic E-state index is -0.861. The molecule has 78 valence electrons. The van der Waals surface area contributed by atoms with Gasteiger partial charge in [-0.1, -0.05) is 0 Å². The van der Waals surface area contributed by atoms with Gasteiger partial charge in [0, 0.05) is 5.88 Å². The zero-order chi connectivity index (χ0) is 10.8. The second-order valence-corrected chi connectivity index (χ2v) is 3.51. The normalized spacial score (nSPS) is 10.7. The van der Waals surface area contributed by atoms with Crippen LogP contribution in [0.4, 0.5) is 0 Å². The van der Waals surface area contributed by atoms with E-state index < -0.39 is 5.97 Å². The van der Waals surface area contributed by atoms with Gasteiger partial charge in [-0.25, -0.2) is 4.98 Å². The topological polar surface area (TPSA) is 66.0 Å². The van der Waals surface area contributed by atoms with Crippen LogP contribution in [0.2, 0.25) is 0 Å². The Morgan fingerprint density at radius 2 is 2.27 bits per heavy atom. The second kappa shape index (κ2) is 3.90. The van der Waals surface area contributed by atoms with Crippen molar-refractivity contribution in [2.24, 2.45) is 0 Å². The summed E-state index contributed by atoms with van der Waals surface area (Å²) in [5.41, 5.74) is 3.19. The molecule has 0 aliphatic carbocycles. The Balaban J connectivity index is 2.54. The van der Waals surface area contributed by atoms with Gasteiger partial charge >= 0.3 is 5.97 Å². The molecular weight excluding hydrogens is 216 g/mol. The van der Waals surface area contributed by atoms with Crippen molar-refractivity contribution in [1.29, 1.82) is 0 Å². The molecule has 0 unspecified atom stereocenters. The van der Waals surface area contributed by atoms with Gasteiger partial charge in [0.2, 0.25) is 0 Å². The molecule has 0 spiro atoms. The van der Waals surface area contributed by atoms with Gasteiger partial charge in [0.15, 0.2) is 0 Å². The van der Waals surface area contributed by atoms with Crippen LogP contribution in [0.15, 0.2) is 18.5 Å². The lowest BCUT2D eigenvalue weighted by molar-refractivity contribution is -0.136. The van der Waals surface area contributed by atoms with Crippen molar-refractivity contribution in [2.75, 3.05) is 0 Å².